The molecule has 3 heteroatoms. The van der Waals surface area contributed by atoms with Crippen LogP contribution in [0.15, 0.2) is 24.3 Å². The number of benzene rings is 1. The van der Waals surface area contributed by atoms with Crippen LogP contribution in [0.2, 0.25) is 5.02 Å². The van der Waals surface area contributed by atoms with Gasteiger partial charge in [0.2, 0.25) is 5.52 Å². The minimum atomic E-state index is 0.621. The molecule has 0 aliphatic carbocycles. The van der Waals surface area contributed by atoms with Crippen LogP contribution in [0.1, 0.15) is 11.3 Å². The molecular weight excluding hydrogens is 198 g/mol. The Balaban J connectivity index is 2.98. The summed E-state index contributed by atoms with van der Waals surface area (Å²) in [6, 6.07) is 7.30. The summed E-state index contributed by atoms with van der Waals surface area (Å²) < 4.78 is 0.927. The number of pyridine rings is 1. The van der Waals surface area contributed by atoms with Crippen LogP contribution in [0, 0.1) is 19.1 Å². The predicted octanol–water partition coefficient (Wildman–Crippen LogP) is 2.74. The fourth-order valence-electron chi connectivity index (χ4n) is 1.51. The van der Waals surface area contributed by atoms with Crippen molar-refractivity contribution in [3.05, 3.63) is 45.8 Å². The van der Waals surface area contributed by atoms with E-state index in [4.69, 9.17) is 11.6 Å². The maximum absolute atomic E-state index is 11.8. The molecule has 1 aromatic carbocycles. The van der Waals surface area contributed by atoms with Gasteiger partial charge in [-0.05, 0) is 19.1 Å². The highest BCUT2D eigenvalue weighted by molar-refractivity contribution is 6.35. The molecule has 0 saturated carbocycles. The summed E-state index contributed by atoms with van der Waals surface area (Å²) in [6.45, 7) is 3.72. The van der Waals surface area contributed by atoms with Gasteiger partial charge in [0.25, 0.3) is 0 Å². The fourth-order valence-corrected chi connectivity index (χ4v) is 1.73. The number of fused-ring (bicyclic) bond motifs is 1. The molecule has 0 unspecified atom stereocenters. The SMILES string of the molecule is Cc1cc2c(Cl)cccc2[n+]([O-])c1C. The molecule has 0 atom stereocenters. The van der Waals surface area contributed by atoms with Crippen LogP contribution >= 0.6 is 11.6 Å². The maximum atomic E-state index is 11.8. The largest absolute Gasteiger partial charge is 0.618 e. The molecule has 72 valence electrons. The van der Waals surface area contributed by atoms with Gasteiger partial charge in [0.15, 0.2) is 5.69 Å². The number of aromatic nitrogens is 1. The first-order valence-electron chi connectivity index (χ1n) is 4.39. The highest BCUT2D eigenvalue weighted by Gasteiger charge is 2.11. The molecule has 0 fully saturated rings. The molecule has 0 aliphatic rings. The first kappa shape index (κ1) is 9.28. The monoisotopic (exact) mass is 207 g/mol. The van der Waals surface area contributed by atoms with E-state index in [1.165, 1.54) is 0 Å². The second-order valence-corrected chi connectivity index (χ2v) is 3.79. The number of aryl methyl sites for hydroxylation is 1. The summed E-state index contributed by atoms with van der Waals surface area (Å²) >= 11 is 6.00. The Morgan fingerprint density at radius 3 is 2.71 bits per heavy atom. The summed E-state index contributed by atoms with van der Waals surface area (Å²) in [5.74, 6) is 0. The van der Waals surface area contributed by atoms with Gasteiger partial charge >= 0.3 is 0 Å². The van der Waals surface area contributed by atoms with Crippen LogP contribution in [0.5, 0.6) is 0 Å². The van der Waals surface area contributed by atoms with Gasteiger partial charge in [0.05, 0.1) is 10.4 Å². The van der Waals surface area contributed by atoms with Crippen LogP contribution in [0.25, 0.3) is 10.9 Å². The molecule has 1 heterocycles. The molecule has 1 aromatic heterocycles. The van der Waals surface area contributed by atoms with Crippen molar-refractivity contribution < 1.29 is 4.73 Å². The first-order chi connectivity index (χ1) is 6.61. The summed E-state index contributed by atoms with van der Waals surface area (Å²) in [5, 5.41) is 13.2. The lowest BCUT2D eigenvalue weighted by atomic mass is 10.1. The second kappa shape index (κ2) is 3.14. The summed E-state index contributed by atoms with van der Waals surface area (Å²) in [7, 11) is 0. The molecule has 0 radical (unpaired) electrons. The van der Waals surface area contributed by atoms with E-state index >= 15 is 0 Å². The zero-order valence-electron chi connectivity index (χ0n) is 8.04. The molecule has 2 nitrogen and oxygen atoms in total. The minimum absolute atomic E-state index is 0.621. The number of hydrogen-bond donors (Lipinski definition) is 0. The zero-order chi connectivity index (χ0) is 10.3. The van der Waals surface area contributed by atoms with Gasteiger partial charge in [-0.3, -0.25) is 0 Å². The fraction of sp³-hybridized carbons (Fsp3) is 0.182. The molecule has 0 spiro atoms. The summed E-state index contributed by atoms with van der Waals surface area (Å²) in [4.78, 5) is 0. The molecule has 0 aliphatic heterocycles. The number of hydrogen-bond acceptors (Lipinski definition) is 1. The van der Waals surface area contributed by atoms with E-state index in [-0.39, 0.29) is 0 Å². The van der Waals surface area contributed by atoms with Gasteiger partial charge in [-0.25, -0.2) is 0 Å². The third-order valence-electron chi connectivity index (χ3n) is 2.48. The van der Waals surface area contributed by atoms with Gasteiger partial charge < -0.3 is 5.21 Å². The van der Waals surface area contributed by atoms with Crippen LogP contribution in [0.4, 0.5) is 0 Å². The molecule has 0 bridgehead atoms. The Hall–Kier alpha value is -1.28. The van der Waals surface area contributed by atoms with Crippen molar-refractivity contribution >= 4 is 22.5 Å². The van der Waals surface area contributed by atoms with E-state index in [0.717, 1.165) is 21.4 Å². The Morgan fingerprint density at radius 2 is 2.00 bits per heavy atom. The third-order valence-corrected chi connectivity index (χ3v) is 2.81. The van der Waals surface area contributed by atoms with E-state index in [1.54, 1.807) is 18.2 Å². The third kappa shape index (κ3) is 1.23. The van der Waals surface area contributed by atoms with Gasteiger partial charge in [0, 0.05) is 18.6 Å². The topological polar surface area (TPSA) is 26.9 Å². The molecule has 0 N–H and O–H groups in total. The smallest absolute Gasteiger partial charge is 0.225 e. The van der Waals surface area contributed by atoms with Crippen molar-refractivity contribution in [2.45, 2.75) is 13.8 Å². The van der Waals surface area contributed by atoms with Crippen molar-refractivity contribution in [2.75, 3.05) is 0 Å². The van der Waals surface area contributed by atoms with Crippen molar-refractivity contribution in [2.24, 2.45) is 0 Å². The molecule has 2 aromatic rings. The Labute approximate surface area is 87.3 Å². The van der Waals surface area contributed by atoms with Crippen molar-refractivity contribution in [1.82, 2.24) is 0 Å². The maximum Gasteiger partial charge on any atom is 0.225 e. The number of halogens is 1. The van der Waals surface area contributed by atoms with Gasteiger partial charge in [-0.2, -0.15) is 4.73 Å². The van der Waals surface area contributed by atoms with Gasteiger partial charge in [0.1, 0.15) is 0 Å². The quantitative estimate of drug-likeness (QED) is 0.482. The standard InChI is InChI=1S/C11H10ClNO/c1-7-6-9-10(12)4-3-5-11(9)13(14)8(7)2/h3-6H,1-2H3. The van der Waals surface area contributed by atoms with Crippen LogP contribution in [-0.4, -0.2) is 0 Å². The summed E-state index contributed by atoms with van der Waals surface area (Å²) in [6.07, 6.45) is 0. The lowest BCUT2D eigenvalue weighted by molar-refractivity contribution is -0.584. The van der Waals surface area contributed by atoms with Crippen molar-refractivity contribution in [3.63, 3.8) is 0 Å². The number of nitrogens with zero attached hydrogens (tertiary/aromatic N) is 1. The van der Waals surface area contributed by atoms with E-state index in [2.05, 4.69) is 0 Å². The normalized spacial score (nSPS) is 10.8. The van der Waals surface area contributed by atoms with Gasteiger partial charge in [-0.1, -0.05) is 17.7 Å². The highest BCUT2D eigenvalue weighted by atomic mass is 35.5. The van der Waals surface area contributed by atoms with E-state index in [1.807, 2.05) is 19.9 Å². The van der Waals surface area contributed by atoms with Crippen LogP contribution in [-0.2, 0) is 0 Å². The lowest BCUT2D eigenvalue weighted by Crippen LogP contribution is -2.31. The average Bonchev–Trinajstić information content (AvgIpc) is 2.17. The van der Waals surface area contributed by atoms with Crippen LogP contribution < -0.4 is 4.73 Å². The van der Waals surface area contributed by atoms with Crippen molar-refractivity contribution in [1.29, 1.82) is 0 Å². The van der Waals surface area contributed by atoms with E-state index in [9.17, 15) is 5.21 Å². The average molecular weight is 208 g/mol. The molecule has 0 amide bonds. The molecule has 0 saturated heterocycles. The van der Waals surface area contributed by atoms with Crippen molar-refractivity contribution in [3.8, 4) is 0 Å². The Morgan fingerprint density at radius 1 is 1.29 bits per heavy atom. The second-order valence-electron chi connectivity index (χ2n) is 3.38. The predicted molar refractivity (Wildman–Crippen MR) is 57.4 cm³/mol. The molecular formula is C11H10ClNO. The Bertz CT molecular complexity index is 508. The molecule has 14 heavy (non-hydrogen) atoms. The molecule has 2 rings (SSSR count). The van der Waals surface area contributed by atoms with E-state index in [0.29, 0.717) is 10.5 Å². The first-order valence-corrected chi connectivity index (χ1v) is 4.77. The lowest BCUT2D eigenvalue weighted by Gasteiger charge is -2.07. The van der Waals surface area contributed by atoms with E-state index < -0.39 is 0 Å². The minimum Gasteiger partial charge on any atom is -0.618 e. The van der Waals surface area contributed by atoms with Gasteiger partial charge in [-0.15, -0.1) is 0 Å². The Kier molecular flexibility index (Phi) is 2.08. The number of rotatable bonds is 0. The van der Waals surface area contributed by atoms with Crippen LogP contribution in [0.3, 0.4) is 0 Å². The summed E-state index contributed by atoms with van der Waals surface area (Å²) in [5.41, 5.74) is 2.31. The zero-order valence-corrected chi connectivity index (χ0v) is 8.80. The highest BCUT2D eigenvalue weighted by Crippen LogP contribution is 2.22.